The van der Waals surface area contributed by atoms with Crippen molar-refractivity contribution >= 4 is 11.5 Å². The maximum absolute atomic E-state index is 11.2. The highest BCUT2D eigenvalue weighted by Gasteiger charge is 2.27. The van der Waals surface area contributed by atoms with Crippen molar-refractivity contribution in [2.24, 2.45) is 5.92 Å². The molecule has 0 aliphatic heterocycles. The fourth-order valence-electron chi connectivity index (χ4n) is 2.76. The molecule has 1 aliphatic carbocycles. The number of aryl methyl sites for hydroxylation is 2. The van der Waals surface area contributed by atoms with Crippen molar-refractivity contribution < 1.29 is 4.92 Å². The second-order valence-corrected chi connectivity index (χ2v) is 5.46. The Morgan fingerprint density at radius 2 is 2.05 bits per heavy atom. The second kappa shape index (κ2) is 5.59. The van der Waals surface area contributed by atoms with Gasteiger partial charge >= 0.3 is 5.69 Å². The van der Waals surface area contributed by atoms with Crippen LogP contribution in [-0.2, 0) is 6.54 Å². The molecular weight excluding hydrogens is 244 g/mol. The minimum Gasteiger partial charge on any atom is -0.362 e. The molecule has 0 unspecified atom stereocenters. The van der Waals surface area contributed by atoms with Gasteiger partial charge in [-0.15, -0.1) is 0 Å². The van der Waals surface area contributed by atoms with Crippen LogP contribution in [0.5, 0.6) is 0 Å². The monoisotopic (exact) mass is 266 g/mol. The Bertz CT molecular complexity index is 461. The third kappa shape index (κ3) is 2.88. The largest absolute Gasteiger partial charge is 0.362 e. The van der Waals surface area contributed by atoms with Gasteiger partial charge in [0, 0.05) is 12.6 Å². The van der Waals surface area contributed by atoms with Gasteiger partial charge in [0.2, 0.25) is 5.82 Å². The molecule has 1 heterocycles. The topological polar surface area (TPSA) is 73.0 Å². The lowest BCUT2D eigenvalue weighted by Crippen LogP contribution is -2.26. The highest BCUT2D eigenvalue weighted by Crippen LogP contribution is 2.32. The quantitative estimate of drug-likeness (QED) is 0.671. The Morgan fingerprint density at radius 3 is 2.58 bits per heavy atom. The number of nitrogens with zero attached hydrogens (tertiary/aromatic N) is 3. The normalized spacial score (nSPS) is 23.3. The average Bonchev–Trinajstić information content (AvgIpc) is 2.68. The van der Waals surface area contributed by atoms with Crippen LogP contribution < -0.4 is 5.32 Å². The number of nitro groups is 1. The van der Waals surface area contributed by atoms with Crippen LogP contribution in [0.2, 0.25) is 0 Å². The van der Waals surface area contributed by atoms with Crippen molar-refractivity contribution in [3.05, 3.63) is 15.8 Å². The number of rotatable bonds is 4. The van der Waals surface area contributed by atoms with E-state index in [1.54, 1.807) is 11.6 Å². The number of nitrogens with one attached hydrogen (secondary N) is 1. The Hall–Kier alpha value is -1.59. The van der Waals surface area contributed by atoms with Crippen LogP contribution in [0.15, 0.2) is 0 Å². The van der Waals surface area contributed by atoms with Crippen molar-refractivity contribution in [1.82, 2.24) is 9.78 Å². The van der Waals surface area contributed by atoms with E-state index >= 15 is 0 Å². The van der Waals surface area contributed by atoms with E-state index in [4.69, 9.17) is 0 Å². The molecule has 0 saturated heterocycles. The first-order chi connectivity index (χ1) is 9.02. The van der Waals surface area contributed by atoms with Gasteiger partial charge in [0.25, 0.3) is 0 Å². The van der Waals surface area contributed by atoms with Gasteiger partial charge in [0.1, 0.15) is 5.69 Å². The summed E-state index contributed by atoms with van der Waals surface area (Å²) in [6.07, 6.45) is 4.52. The first-order valence-corrected chi connectivity index (χ1v) is 7.01. The highest BCUT2D eigenvalue weighted by molar-refractivity contribution is 5.60. The third-order valence-electron chi connectivity index (χ3n) is 3.93. The van der Waals surface area contributed by atoms with Crippen molar-refractivity contribution in [3.8, 4) is 0 Å². The number of hydrogen-bond acceptors (Lipinski definition) is 4. The zero-order valence-corrected chi connectivity index (χ0v) is 11.8. The zero-order chi connectivity index (χ0) is 14.0. The summed E-state index contributed by atoms with van der Waals surface area (Å²) in [6, 6.07) is 0.330. The molecule has 0 bridgehead atoms. The van der Waals surface area contributed by atoms with E-state index in [2.05, 4.69) is 17.3 Å². The molecule has 1 aliphatic rings. The van der Waals surface area contributed by atoms with Crippen LogP contribution in [-0.4, -0.2) is 20.7 Å². The summed E-state index contributed by atoms with van der Waals surface area (Å²) in [5, 5.41) is 18.8. The Balaban J connectivity index is 2.21. The maximum Gasteiger partial charge on any atom is 0.333 e. The van der Waals surface area contributed by atoms with E-state index < -0.39 is 0 Å². The summed E-state index contributed by atoms with van der Waals surface area (Å²) in [7, 11) is 0. The number of aromatic nitrogens is 2. The Morgan fingerprint density at radius 1 is 1.42 bits per heavy atom. The summed E-state index contributed by atoms with van der Waals surface area (Å²) >= 11 is 0. The SMILES string of the molecule is CCn1nc(C)c([N+](=O)[O-])c1NC1CCC(C)CC1. The predicted molar refractivity (Wildman–Crippen MR) is 74.3 cm³/mol. The van der Waals surface area contributed by atoms with Crippen LogP contribution in [0.1, 0.15) is 45.2 Å². The molecule has 0 atom stereocenters. The molecule has 6 heteroatoms. The minimum atomic E-state index is -0.331. The van der Waals surface area contributed by atoms with Gasteiger partial charge in [-0.1, -0.05) is 6.92 Å². The molecule has 1 fully saturated rings. The van der Waals surface area contributed by atoms with Gasteiger partial charge in [-0.2, -0.15) is 5.10 Å². The molecule has 0 spiro atoms. The van der Waals surface area contributed by atoms with Gasteiger partial charge in [0.15, 0.2) is 0 Å². The third-order valence-corrected chi connectivity index (χ3v) is 3.93. The Labute approximate surface area is 113 Å². The van der Waals surface area contributed by atoms with E-state index in [1.165, 1.54) is 12.8 Å². The summed E-state index contributed by atoms with van der Waals surface area (Å²) in [5.41, 5.74) is 0.610. The van der Waals surface area contributed by atoms with E-state index in [0.717, 1.165) is 18.8 Å². The van der Waals surface area contributed by atoms with Crippen molar-refractivity contribution in [2.75, 3.05) is 5.32 Å². The molecule has 1 N–H and O–H groups in total. The molecule has 19 heavy (non-hydrogen) atoms. The van der Waals surface area contributed by atoms with Gasteiger partial charge in [-0.05, 0) is 45.4 Å². The van der Waals surface area contributed by atoms with Crippen LogP contribution in [0, 0.1) is 23.0 Å². The summed E-state index contributed by atoms with van der Waals surface area (Å²) < 4.78 is 1.70. The lowest BCUT2D eigenvalue weighted by molar-refractivity contribution is -0.384. The van der Waals surface area contributed by atoms with Gasteiger partial charge < -0.3 is 5.32 Å². The van der Waals surface area contributed by atoms with Crippen LogP contribution in [0.4, 0.5) is 11.5 Å². The zero-order valence-electron chi connectivity index (χ0n) is 11.8. The lowest BCUT2D eigenvalue weighted by atomic mass is 9.87. The fourth-order valence-corrected chi connectivity index (χ4v) is 2.76. The van der Waals surface area contributed by atoms with Crippen molar-refractivity contribution in [1.29, 1.82) is 0 Å². The highest BCUT2D eigenvalue weighted by atomic mass is 16.6. The molecule has 6 nitrogen and oxygen atoms in total. The molecule has 106 valence electrons. The van der Waals surface area contributed by atoms with Gasteiger partial charge in [0.05, 0.1) is 4.92 Å². The fraction of sp³-hybridized carbons (Fsp3) is 0.769. The second-order valence-electron chi connectivity index (χ2n) is 5.46. The molecule has 1 aromatic rings. The molecular formula is C13H22N4O2. The van der Waals surface area contributed by atoms with Gasteiger partial charge in [-0.3, -0.25) is 10.1 Å². The van der Waals surface area contributed by atoms with Crippen molar-refractivity contribution in [3.63, 3.8) is 0 Å². The van der Waals surface area contributed by atoms with Crippen LogP contribution in [0.3, 0.4) is 0 Å². The molecule has 1 aromatic heterocycles. The summed E-state index contributed by atoms with van der Waals surface area (Å²) in [6.45, 7) is 6.54. The number of hydrogen-bond donors (Lipinski definition) is 1. The minimum absolute atomic E-state index is 0.125. The van der Waals surface area contributed by atoms with E-state index in [1.807, 2.05) is 6.92 Å². The molecule has 1 saturated carbocycles. The van der Waals surface area contributed by atoms with Crippen LogP contribution >= 0.6 is 0 Å². The summed E-state index contributed by atoms with van der Waals surface area (Å²) in [4.78, 5) is 10.8. The average molecular weight is 266 g/mol. The molecule has 0 amide bonds. The first-order valence-electron chi connectivity index (χ1n) is 7.01. The first kappa shape index (κ1) is 13.8. The molecule has 2 rings (SSSR count). The smallest absolute Gasteiger partial charge is 0.333 e. The number of anilines is 1. The Kier molecular flexibility index (Phi) is 4.07. The molecule has 0 aromatic carbocycles. The van der Waals surface area contributed by atoms with E-state index in [-0.39, 0.29) is 10.6 Å². The predicted octanol–water partition coefficient (Wildman–Crippen LogP) is 3.11. The standard InChI is InChI=1S/C13H22N4O2/c1-4-16-13(12(17(18)19)10(3)15-16)14-11-7-5-9(2)6-8-11/h9,11,14H,4-8H2,1-3H3. The van der Waals surface area contributed by atoms with Gasteiger partial charge in [-0.25, -0.2) is 4.68 Å². The maximum atomic E-state index is 11.2. The van der Waals surface area contributed by atoms with E-state index in [9.17, 15) is 10.1 Å². The van der Waals surface area contributed by atoms with Crippen LogP contribution in [0.25, 0.3) is 0 Å². The van der Waals surface area contributed by atoms with E-state index in [0.29, 0.717) is 24.1 Å². The molecule has 0 radical (unpaired) electrons. The summed E-state index contributed by atoms with van der Waals surface area (Å²) in [5.74, 6) is 1.34. The lowest BCUT2D eigenvalue weighted by Gasteiger charge is -2.27. The van der Waals surface area contributed by atoms with Crippen molar-refractivity contribution in [2.45, 2.75) is 59.0 Å².